The summed E-state index contributed by atoms with van der Waals surface area (Å²) in [4.78, 5) is 16.2. The number of nitrogens with two attached hydrogens (primary N) is 1. The zero-order valence-corrected chi connectivity index (χ0v) is 18.2. The molecule has 0 radical (unpaired) electrons. The van der Waals surface area contributed by atoms with Crippen molar-refractivity contribution in [1.82, 2.24) is 10.2 Å². The van der Waals surface area contributed by atoms with Gasteiger partial charge < -0.3 is 20.7 Å². The average molecular weight is 423 g/mol. The number of ether oxygens (including phenoxy) is 1. The smallest absolute Gasteiger partial charge is 0.316 e. The molecule has 1 aromatic rings. The first-order chi connectivity index (χ1) is 15.1. The van der Waals surface area contributed by atoms with Crippen LogP contribution in [0.5, 0.6) is 5.75 Å². The molecule has 2 amide bonds. The highest BCUT2D eigenvalue weighted by Crippen LogP contribution is 2.33. The average Bonchev–Trinajstić information content (AvgIpc) is 3.14. The van der Waals surface area contributed by atoms with Gasteiger partial charge in [-0.1, -0.05) is 18.2 Å². The molecule has 1 aromatic carbocycles. The Bertz CT molecular complexity index is 928. The van der Waals surface area contributed by atoms with Crippen molar-refractivity contribution in [2.45, 2.75) is 12.8 Å². The van der Waals surface area contributed by atoms with Gasteiger partial charge in [0.2, 0.25) is 0 Å². The second-order valence-corrected chi connectivity index (χ2v) is 8.21. The highest BCUT2D eigenvalue weighted by atomic mass is 16.5. The number of fused-ring (bicyclic) bond motifs is 1. The van der Waals surface area contributed by atoms with Crippen LogP contribution in [0.3, 0.4) is 0 Å². The van der Waals surface area contributed by atoms with Gasteiger partial charge in [-0.15, -0.1) is 0 Å². The van der Waals surface area contributed by atoms with Crippen LogP contribution < -0.4 is 20.7 Å². The molecule has 7 heteroatoms. The third-order valence-corrected chi connectivity index (χ3v) is 6.20. The maximum absolute atomic E-state index is 11.2. The van der Waals surface area contributed by atoms with Gasteiger partial charge in [0.25, 0.3) is 0 Å². The van der Waals surface area contributed by atoms with Crippen LogP contribution in [0.1, 0.15) is 12.8 Å². The SMILES string of the molecule is COc1ccccc1N1CCN(CCCC[N+]23C=CC=CC2=CC(NC(N)=O)=C3)CC1. The van der Waals surface area contributed by atoms with Gasteiger partial charge in [-0.2, -0.15) is 0 Å². The van der Waals surface area contributed by atoms with Crippen molar-refractivity contribution in [2.75, 3.05) is 51.3 Å². The Balaban J connectivity index is 1.25. The minimum atomic E-state index is -0.527. The number of para-hydroxylation sites is 2. The quantitative estimate of drug-likeness (QED) is 0.499. The third-order valence-electron chi connectivity index (χ3n) is 6.20. The molecule has 0 bridgehead atoms. The van der Waals surface area contributed by atoms with Gasteiger partial charge in [0, 0.05) is 38.3 Å². The molecule has 1 fully saturated rings. The second kappa shape index (κ2) is 9.41. The zero-order chi connectivity index (χ0) is 21.7. The predicted molar refractivity (Wildman–Crippen MR) is 123 cm³/mol. The molecule has 3 heterocycles. The summed E-state index contributed by atoms with van der Waals surface area (Å²) < 4.78 is 6.16. The van der Waals surface area contributed by atoms with Crippen molar-refractivity contribution in [1.29, 1.82) is 0 Å². The van der Waals surface area contributed by atoms with E-state index in [1.54, 1.807) is 7.11 Å². The number of quaternary nitrogens is 1. The lowest BCUT2D eigenvalue weighted by atomic mass is 10.2. The Morgan fingerprint density at radius 1 is 1.16 bits per heavy atom. The number of primary amides is 1. The fraction of sp³-hybridized carbons (Fsp3) is 0.375. The van der Waals surface area contributed by atoms with Crippen LogP contribution in [0, 0.1) is 0 Å². The lowest BCUT2D eigenvalue weighted by Crippen LogP contribution is -2.46. The molecular weight excluding hydrogens is 390 g/mol. The van der Waals surface area contributed by atoms with E-state index in [-0.39, 0.29) is 0 Å². The number of urea groups is 1. The monoisotopic (exact) mass is 422 g/mol. The van der Waals surface area contributed by atoms with E-state index < -0.39 is 6.03 Å². The molecule has 3 N–H and O–H groups in total. The zero-order valence-electron chi connectivity index (χ0n) is 18.2. The summed E-state index contributed by atoms with van der Waals surface area (Å²) in [6.45, 7) is 6.25. The van der Waals surface area contributed by atoms with Gasteiger partial charge in [-0.3, -0.25) is 4.90 Å². The number of amides is 2. The number of carbonyl (C=O) groups excluding carboxylic acids is 1. The van der Waals surface area contributed by atoms with Gasteiger partial charge >= 0.3 is 6.03 Å². The largest absolute Gasteiger partial charge is 0.495 e. The molecule has 0 aromatic heterocycles. The van der Waals surface area contributed by atoms with Gasteiger partial charge in [-0.25, -0.2) is 9.28 Å². The Hall–Kier alpha value is -3.03. The number of anilines is 1. The number of rotatable bonds is 8. The number of carbonyl (C=O) groups is 1. The van der Waals surface area contributed by atoms with Gasteiger partial charge in [0.1, 0.15) is 29.5 Å². The van der Waals surface area contributed by atoms with Crippen LogP contribution in [-0.2, 0) is 0 Å². The van der Waals surface area contributed by atoms with Crippen molar-refractivity contribution < 1.29 is 14.0 Å². The second-order valence-electron chi connectivity index (χ2n) is 8.21. The Kier molecular flexibility index (Phi) is 6.44. The number of nitrogens with zero attached hydrogens (tertiary/aromatic N) is 3. The van der Waals surface area contributed by atoms with Crippen molar-refractivity contribution in [3.05, 3.63) is 72.4 Å². The molecule has 31 heavy (non-hydrogen) atoms. The minimum absolute atomic E-state index is 0.527. The highest BCUT2D eigenvalue weighted by Gasteiger charge is 2.34. The van der Waals surface area contributed by atoms with Gasteiger partial charge in [-0.05, 0) is 37.6 Å². The number of piperazine rings is 1. The van der Waals surface area contributed by atoms with E-state index in [9.17, 15) is 4.79 Å². The summed E-state index contributed by atoms with van der Waals surface area (Å²) in [5.74, 6) is 0.946. The first-order valence-electron chi connectivity index (χ1n) is 10.9. The molecule has 1 saturated heterocycles. The lowest BCUT2D eigenvalue weighted by Gasteiger charge is -2.37. The topological polar surface area (TPSA) is 70.8 Å². The molecule has 0 spiro atoms. The standard InChI is InChI=1S/C24H31N5O2/c1-31-23-10-3-2-9-22(23)28-14-12-27(13-15-28)11-5-7-17-29-16-6-4-8-21(29)18-20(19-29)26-24(25)30/h2-4,6,8-10,16,18-19H,5,7,11-15,17H2,1H3,(H2-,25,26,30)/p+1. The highest BCUT2D eigenvalue weighted by molar-refractivity contribution is 5.74. The fourth-order valence-electron chi connectivity index (χ4n) is 4.60. The van der Waals surface area contributed by atoms with Crippen LogP contribution in [0.2, 0.25) is 0 Å². The lowest BCUT2D eigenvalue weighted by molar-refractivity contribution is -0.783. The van der Waals surface area contributed by atoms with Crippen LogP contribution in [0.4, 0.5) is 10.5 Å². The maximum Gasteiger partial charge on any atom is 0.316 e. The summed E-state index contributed by atoms with van der Waals surface area (Å²) in [6.07, 6.45) is 14.7. The van der Waals surface area contributed by atoms with Crippen LogP contribution in [-0.4, -0.2) is 61.8 Å². The number of hydrogen-bond acceptors (Lipinski definition) is 4. The molecule has 1 atom stereocenters. The minimum Gasteiger partial charge on any atom is -0.495 e. The molecular formula is C24H32N5O2+. The van der Waals surface area contributed by atoms with E-state index >= 15 is 0 Å². The Morgan fingerprint density at radius 2 is 1.97 bits per heavy atom. The van der Waals surface area contributed by atoms with Gasteiger partial charge in [0.05, 0.1) is 19.3 Å². The molecule has 3 aliphatic heterocycles. The van der Waals surface area contributed by atoms with E-state index in [1.165, 1.54) is 5.69 Å². The molecule has 7 nitrogen and oxygen atoms in total. The van der Waals surface area contributed by atoms with Crippen molar-refractivity contribution in [2.24, 2.45) is 5.73 Å². The Labute approximate surface area is 184 Å². The van der Waals surface area contributed by atoms with Crippen molar-refractivity contribution in [3.63, 3.8) is 0 Å². The normalized spacial score (nSPS) is 22.7. The number of nitrogens with one attached hydrogen (secondary N) is 1. The molecule has 4 rings (SSSR count). The number of unbranched alkanes of at least 4 members (excludes halogenated alkanes) is 1. The van der Waals surface area contributed by atoms with Crippen molar-refractivity contribution in [3.8, 4) is 5.75 Å². The number of allylic oxidation sites excluding steroid dienone is 4. The van der Waals surface area contributed by atoms with E-state index in [0.29, 0.717) is 4.48 Å². The maximum atomic E-state index is 11.2. The van der Waals surface area contributed by atoms with E-state index in [0.717, 1.165) is 69.3 Å². The summed E-state index contributed by atoms with van der Waals surface area (Å²) in [7, 11) is 1.73. The number of hydrogen-bond donors (Lipinski definition) is 2. The molecule has 0 aliphatic carbocycles. The summed E-state index contributed by atoms with van der Waals surface area (Å²) in [5.41, 5.74) is 8.41. The third kappa shape index (κ3) is 4.84. The molecule has 1 unspecified atom stereocenters. The molecule has 164 valence electrons. The molecule has 0 saturated carbocycles. The van der Waals surface area contributed by atoms with Gasteiger partial charge in [0.15, 0.2) is 0 Å². The van der Waals surface area contributed by atoms with Crippen molar-refractivity contribution >= 4 is 11.7 Å². The first kappa shape index (κ1) is 21.2. The summed E-state index contributed by atoms with van der Waals surface area (Å²) in [6, 6.07) is 7.72. The first-order valence-corrected chi connectivity index (χ1v) is 10.9. The number of methoxy groups -OCH3 is 1. The van der Waals surface area contributed by atoms with Crippen LogP contribution >= 0.6 is 0 Å². The number of benzene rings is 1. The van der Waals surface area contributed by atoms with Crippen LogP contribution in [0.25, 0.3) is 0 Å². The summed E-state index contributed by atoms with van der Waals surface area (Å²) >= 11 is 0. The predicted octanol–water partition coefficient (Wildman–Crippen LogP) is 2.90. The molecule has 3 aliphatic rings. The van der Waals surface area contributed by atoms with E-state index in [1.807, 2.05) is 24.3 Å². The Morgan fingerprint density at radius 3 is 2.74 bits per heavy atom. The summed E-state index contributed by atoms with van der Waals surface area (Å²) in [5, 5.41) is 2.71. The van der Waals surface area contributed by atoms with E-state index in [4.69, 9.17) is 10.5 Å². The fourth-order valence-corrected chi connectivity index (χ4v) is 4.60. The van der Waals surface area contributed by atoms with E-state index in [2.05, 4.69) is 51.8 Å². The van der Waals surface area contributed by atoms with Crippen LogP contribution in [0.15, 0.2) is 72.4 Å².